The molecule has 0 amide bonds. The van der Waals surface area contributed by atoms with Crippen LogP contribution in [-0.4, -0.2) is 15.9 Å². The van der Waals surface area contributed by atoms with Crippen molar-refractivity contribution in [2.75, 3.05) is 6.54 Å². The molecule has 2 aromatic heterocycles. The molecule has 0 aliphatic carbocycles. The van der Waals surface area contributed by atoms with E-state index in [0.717, 1.165) is 28.3 Å². The maximum Gasteiger partial charge on any atom is 0.194 e. The highest BCUT2D eigenvalue weighted by Crippen LogP contribution is 2.27. The lowest BCUT2D eigenvalue weighted by Gasteiger charge is -2.02. The third kappa shape index (κ3) is 1.81. The lowest BCUT2D eigenvalue weighted by atomic mass is 10.1. The van der Waals surface area contributed by atoms with Gasteiger partial charge < -0.3 is 5.73 Å². The number of imidazole rings is 1. The molecule has 0 spiro atoms. The van der Waals surface area contributed by atoms with Gasteiger partial charge in [0.25, 0.3) is 0 Å². The molecule has 2 N–H and O–H groups in total. The van der Waals surface area contributed by atoms with Crippen molar-refractivity contribution >= 4 is 16.3 Å². The van der Waals surface area contributed by atoms with Gasteiger partial charge in [-0.05, 0) is 30.8 Å². The minimum absolute atomic E-state index is 0.236. The summed E-state index contributed by atoms with van der Waals surface area (Å²) >= 11 is 1.58. The van der Waals surface area contributed by atoms with Crippen molar-refractivity contribution in [2.45, 2.75) is 6.42 Å². The van der Waals surface area contributed by atoms with Gasteiger partial charge in [-0.15, -0.1) is 11.3 Å². The van der Waals surface area contributed by atoms with Gasteiger partial charge in [-0.3, -0.25) is 4.40 Å². The van der Waals surface area contributed by atoms with Crippen LogP contribution >= 0.6 is 11.3 Å². The standard InChI is InChI=1S/C13H12FN3S/c14-10-3-1-9(2-4-10)12-11(5-6-15)17-7-8-18-13(17)16-12/h1-4,7-8H,5-6,15H2. The van der Waals surface area contributed by atoms with Crippen molar-refractivity contribution in [3.05, 3.63) is 47.4 Å². The van der Waals surface area contributed by atoms with Gasteiger partial charge in [0.05, 0.1) is 11.4 Å². The number of nitrogens with zero attached hydrogens (tertiary/aromatic N) is 2. The van der Waals surface area contributed by atoms with Gasteiger partial charge in [-0.2, -0.15) is 0 Å². The number of fused-ring (bicyclic) bond motifs is 1. The smallest absolute Gasteiger partial charge is 0.194 e. The molecule has 0 saturated heterocycles. The first-order valence-electron chi connectivity index (χ1n) is 5.70. The van der Waals surface area contributed by atoms with E-state index in [9.17, 15) is 4.39 Å². The third-order valence-corrected chi connectivity index (χ3v) is 3.62. The largest absolute Gasteiger partial charge is 0.330 e. The zero-order valence-corrected chi connectivity index (χ0v) is 10.5. The molecule has 3 nitrogen and oxygen atoms in total. The maximum absolute atomic E-state index is 13.0. The maximum atomic E-state index is 13.0. The van der Waals surface area contributed by atoms with Gasteiger partial charge in [0, 0.05) is 23.6 Å². The quantitative estimate of drug-likeness (QED) is 0.787. The number of nitrogens with two attached hydrogens (primary N) is 1. The molecule has 92 valence electrons. The van der Waals surface area contributed by atoms with E-state index in [4.69, 9.17) is 5.73 Å². The van der Waals surface area contributed by atoms with Gasteiger partial charge in [0.2, 0.25) is 0 Å². The second-order valence-electron chi connectivity index (χ2n) is 4.01. The number of hydrogen-bond donors (Lipinski definition) is 1. The monoisotopic (exact) mass is 261 g/mol. The van der Waals surface area contributed by atoms with E-state index in [1.807, 2.05) is 11.6 Å². The lowest BCUT2D eigenvalue weighted by Crippen LogP contribution is -2.05. The average molecular weight is 261 g/mol. The van der Waals surface area contributed by atoms with Crippen molar-refractivity contribution in [3.63, 3.8) is 0 Å². The van der Waals surface area contributed by atoms with Crippen molar-refractivity contribution in [1.82, 2.24) is 9.38 Å². The van der Waals surface area contributed by atoms with E-state index in [2.05, 4.69) is 9.38 Å². The minimum atomic E-state index is -0.236. The number of aromatic nitrogens is 2. The molecule has 5 heteroatoms. The molecular weight excluding hydrogens is 249 g/mol. The molecule has 0 fully saturated rings. The second kappa shape index (κ2) is 4.51. The summed E-state index contributed by atoms with van der Waals surface area (Å²) in [5, 5.41) is 2.00. The topological polar surface area (TPSA) is 43.3 Å². The van der Waals surface area contributed by atoms with Gasteiger partial charge in [0.15, 0.2) is 4.96 Å². The zero-order valence-electron chi connectivity index (χ0n) is 9.64. The number of hydrogen-bond acceptors (Lipinski definition) is 3. The predicted octanol–water partition coefficient (Wildman–Crippen LogP) is 2.70. The Kier molecular flexibility index (Phi) is 2.85. The Bertz CT molecular complexity index is 669. The van der Waals surface area contributed by atoms with E-state index >= 15 is 0 Å². The first-order valence-corrected chi connectivity index (χ1v) is 6.58. The minimum Gasteiger partial charge on any atom is -0.330 e. The third-order valence-electron chi connectivity index (χ3n) is 2.86. The highest BCUT2D eigenvalue weighted by atomic mass is 32.1. The van der Waals surface area contributed by atoms with Crippen LogP contribution in [0.25, 0.3) is 16.2 Å². The predicted molar refractivity (Wildman–Crippen MR) is 71.2 cm³/mol. The van der Waals surface area contributed by atoms with Crippen LogP contribution in [0, 0.1) is 5.82 Å². The van der Waals surface area contributed by atoms with Crippen LogP contribution in [0.15, 0.2) is 35.8 Å². The lowest BCUT2D eigenvalue weighted by molar-refractivity contribution is 0.628. The first kappa shape index (κ1) is 11.4. The molecule has 0 bridgehead atoms. The Morgan fingerprint density at radius 2 is 2.06 bits per heavy atom. The molecule has 0 aliphatic rings. The summed E-state index contributed by atoms with van der Waals surface area (Å²) in [6, 6.07) is 6.41. The normalized spacial score (nSPS) is 11.2. The molecule has 0 saturated carbocycles. The van der Waals surface area contributed by atoms with E-state index in [1.165, 1.54) is 12.1 Å². The fourth-order valence-corrected chi connectivity index (χ4v) is 2.78. The molecule has 2 heterocycles. The van der Waals surface area contributed by atoms with E-state index in [1.54, 1.807) is 23.5 Å². The van der Waals surface area contributed by atoms with Crippen LogP contribution in [-0.2, 0) is 6.42 Å². The van der Waals surface area contributed by atoms with Crippen LogP contribution in [0.1, 0.15) is 5.69 Å². The Labute approximate surface area is 108 Å². The molecule has 18 heavy (non-hydrogen) atoms. The zero-order chi connectivity index (χ0) is 12.5. The van der Waals surface area contributed by atoms with E-state index < -0.39 is 0 Å². The fourth-order valence-electron chi connectivity index (χ4n) is 2.05. The second-order valence-corrected chi connectivity index (χ2v) is 4.88. The van der Waals surface area contributed by atoms with Gasteiger partial charge in [-0.25, -0.2) is 9.37 Å². The van der Waals surface area contributed by atoms with Crippen LogP contribution < -0.4 is 5.73 Å². The summed E-state index contributed by atoms with van der Waals surface area (Å²) in [6.07, 6.45) is 2.75. The Morgan fingerprint density at radius 1 is 1.28 bits per heavy atom. The highest BCUT2D eigenvalue weighted by Gasteiger charge is 2.13. The van der Waals surface area contributed by atoms with Crippen molar-refractivity contribution in [2.24, 2.45) is 5.73 Å². The summed E-state index contributed by atoms with van der Waals surface area (Å²) in [4.78, 5) is 5.54. The van der Waals surface area contributed by atoms with E-state index in [-0.39, 0.29) is 5.82 Å². The number of halogens is 1. The molecular formula is C13H12FN3S. The number of thiazole rings is 1. The van der Waals surface area contributed by atoms with Crippen LogP contribution in [0.5, 0.6) is 0 Å². The Hall–Kier alpha value is -1.72. The number of benzene rings is 1. The molecule has 0 radical (unpaired) electrons. The van der Waals surface area contributed by atoms with Crippen molar-refractivity contribution < 1.29 is 4.39 Å². The Balaban J connectivity index is 2.17. The molecule has 3 aromatic rings. The average Bonchev–Trinajstić information content (AvgIpc) is 2.93. The summed E-state index contributed by atoms with van der Waals surface area (Å²) < 4.78 is 15.0. The highest BCUT2D eigenvalue weighted by molar-refractivity contribution is 7.15. The van der Waals surface area contributed by atoms with E-state index in [0.29, 0.717) is 6.54 Å². The van der Waals surface area contributed by atoms with Crippen LogP contribution in [0.4, 0.5) is 4.39 Å². The first-order chi connectivity index (χ1) is 8.79. The summed E-state index contributed by atoms with van der Waals surface area (Å²) in [5.41, 5.74) is 8.56. The van der Waals surface area contributed by atoms with Gasteiger partial charge in [0.1, 0.15) is 5.82 Å². The summed E-state index contributed by atoms with van der Waals surface area (Å²) in [5.74, 6) is -0.236. The molecule has 0 unspecified atom stereocenters. The van der Waals surface area contributed by atoms with Crippen LogP contribution in [0.2, 0.25) is 0 Å². The summed E-state index contributed by atoms with van der Waals surface area (Å²) in [6.45, 7) is 0.567. The molecule has 0 aliphatic heterocycles. The molecule has 1 aromatic carbocycles. The molecule has 3 rings (SSSR count). The van der Waals surface area contributed by atoms with Crippen molar-refractivity contribution in [3.8, 4) is 11.3 Å². The van der Waals surface area contributed by atoms with Gasteiger partial charge in [-0.1, -0.05) is 0 Å². The van der Waals surface area contributed by atoms with Crippen LogP contribution in [0.3, 0.4) is 0 Å². The number of rotatable bonds is 3. The SMILES string of the molecule is NCCc1c(-c2ccc(F)cc2)nc2sccn12. The Morgan fingerprint density at radius 3 is 2.78 bits per heavy atom. The summed E-state index contributed by atoms with van der Waals surface area (Å²) in [7, 11) is 0. The molecule has 0 atom stereocenters. The fraction of sp³-hybridized carbons (Fsp3) is 0.154. The van der Waals surface area contributed by atoms with Crippen molar-refractivity contribution in [1.29, 1.82) is 0 Å². The van der Waals surface area contributed by atoms with Gasteiger partial charge >= 0.3 is 0 Å².